The van der Waals surface area contributed by atoms with E-state index in [-0.39, 0.29) is 12.5 Å². The van der Waals surface area contributed by atoms with E-state index in [0.29, 0.717) is 19.6 Å². The summed E-state index contributed by atoms with van der Waals surface area (Å²) in [5.74, 6) is 0.472. The largest absolute Gasteiger partial charge is 0.492 e. The summed E-state index contributed by atoms with van der Waals surface area (Å²) in [7, 11) is 0. The SMILES string of the molecule is CCCc1ccc(OCCNC(=O)[C@@H](Cc2ccccc2)NC(=O)OCc2ccccc2)cc1. The van der Waals surface area contributed by atoms with Crippen LogP contribution in [-0.2, 0) is 29.0 Å². The maximum absolute atomic E-state index is 12.8. The number of alkyl carbamates (subject to hydrolysis) is 1. The van der Waals surface area contributed by atoms with E-state index >= 15 is 0 Å². The van der Waals surface area contributed by atoms with Crippen LogP contribution in [0, 0.1) is 0 Å². The van der Waals surface area contributed by atoms with Crippen LogP contribution in [0.4, 0.5) is 4.79 Å². The predicted molar refractivity (Wildman–Crippen MR) is 133 cm³/mol. The van der Waals surface area contributed by atoms with Crippen LogP contribution in [0.3, 0.4) is 0 Å². The normalized spacial score (nSPS) is 11.3. The molecule has 0 radical (unpaired) electrons. The molecule has 0 unspecified atom stereocenters. The van der Waals surface area contributed by atoms with Crippen molar-refractivity contribution < 1.29 is 19.1 Å². The van der Waals surface area contributed by atoms with Crippen LogP contribution in [0.1, 0.15) is 30.0 Å². The molecule has 34 heavy (non-hydrogen) atoms. The fourth-order valence-electron chi connectivity index (χ4n) is 3.47. The molecule has 0 fully saturated rings. The summed E-state index contributed by atoms with van der Waals surface area (Å²) in [4.78, 5) is 25.2. The van der Waals surface area contributed by atoms with Gasteiger partial charge in [-0.3, -0.25) is 4.79 Å². The number of benzene rings is 3. The lowest BCUT2D eigenvalue weighted by molar-refractivity contribution is -0.123. The molecule has 3 aromatic carbocycles. The third-order valence-electron chi connectivity index (χ3n) is 5.24. The molecule has 2 amide bonds. The van der Waals surface area contributed by atoms with Crippen molar-refractivity contribution in [2.24, 2.45) is 0 Å². The maximum Gasteiger partial charge on any atom is 0.408 e. The molecule has 178 valence electrons. The van der Waals surface area contributed by atoms with E-state index in [1.54, 1.807) is 0 Å². The van der Waals surface area contributed by atoms with Gasteiger partial charge in [0, 0.05) is 6.42 Å². The van der Waals surface area contributed by atoms with Crippen molar-refractivity contribution in [1.82, 2.24) is 10.6 Å². The summed E-state index contributed by atoms with van der Waals surface area (Å²) in [6.07, 6.45) is 1.86. The first-order valence-electron chi connectivity index (χ1n) is 11.6. The van der Waals surface area contributed by atoms with E-state index in [9.17, 15) is 9.59 Å². The third-order valence-corrected chi connectivity index (χ3v) is 5.24. The van der Waals surface area contributed by atoms with Crippen molar-refractivity contribution in [1.29, 1.82) is 0 Å². The van der Waals surface area contributed by atoms with Crippen LogP contribution in [-0.4, -0.2) is 31.2 Å². The topological polar surface area (TPSA) is 76.7 Å². The lowest BCUT2D eigenvalue weighted by Crippen LogP contribution is -2.48. The molecule has 0 aliphatic heterocycles. The van der Waals surface area contributed by atoms with Gasteiger partial charge in [0.2, 0.25) is 5.91 Å². The van der Waals surface area contributed by atoms with Crippen LogP contribution in [0.15, 0.2) is 84.9 Å². The van der Waals surface area contributed by atoms with Gasteiger partial charge in [-0.15, -0.1) is 0 Å². The van der Waals surface area contributed by atoms with Crippen molar-refractivity contribution in [3.05, 3.63) is 102 Å². The van der Waals surface area contributed by atoms with Crippen molar-refractivity contribution in [3.8, 4) is 5.75 Å². The smallest absolute Gasteiger partial charge is 0.408 e. The van der Waals surface area contributed by atoms with E-state index in [4.69, 9.17) is 9.47 Å². The zero-order chi connectivity index (χ0) is 24.0. The number of nitrogens with one attached hydrogen (secondary N) is 2. The lowest BCUT2D eigenvalue weighted by atomic mass is 10.1. The number of carbonyl (C=O) groups excluding carboxylic acids is 2. The molecule has 6 heteroatoms. The zero-order valence-electron chi connectivity index (χ0n) is 19.5. The number of rotatable bonds is 12. The highest BCUT2D eigenvalue weighted by Gasteiger charge is 2.22. The Balaban J connectivity index is 1.49. The molecule has 0 heterocycles. The molecular formula is C28H32N2O4. The summed E-state index contributed by atoms with van der Waals surface area (Å²) in [6.45, 7) is 2.93. The van der Waals surface area contributed by atoms with Gasteiger partial charge >= 0.3 is 6.09 Å². The minimum Gasteiger partial charge on any atom is -0.492 e. The van der Waals surface area contributed by atoms with Crippen molar-refractivity contribution in [2.75, 3.05) is 13.2 Å². The Labute approximate surface area is 201 Å². The van der Waals surface area contributed by atoms with E-state index in [1.165, 1.54) is 5.56 Å². The van der Waals surface area contributed by atoms with Gasteiger partial charge in [-0.2, -0.15) is 0 Å². The molecule has 3 rings (SSSR count). The van der Waals surface area contributed by atoms with Crippen molar-refractivity contribution >= 4 is 12.0 Å². The maximum atomic E-state index is 12.8. The van der Waals surface area contributed by atoms with E-state index in [0.717, 1.165) is 29.7 Å². The average Bonchev–Trinajstić information content (AvgIpc) is 2.87. The molecule has 0 bridgehead atoms. The van der Waals surface area contributed by atoms with Gasteiger partial charge in [-0.25, -0.2) is 4.79 Å². The Morgan fingerprint density at radius 2 is 1.47 bits per heavy atom. The Bertz CT molecular complexity index is 1010. The van der Waals surface area contributed by atoms with Gasteiger partial charge in [-0.1, -0.05) is 86.1 Å². The molecule has 0 aromatic heterocycles. The standard InChI is InChI=1S/C28H32N2O4/c1-2-9-22-14-16-25(17-15-22)33-19-18-29-27(31)26(20-23-10-5-3-6-11-23)30-28(32)34-21-24-12-7-4-8-13-24/h3-8,10-17,26H,2,9,18-21H2,1H3,(H,29,31)(H,30,32)/t26-/m1/s1. The predicted octanol–water partition coefficient (Wildman–Crippen LogP) is 4.67. The molecule has 3 aromatic rings. The second kappa shape index (κ2) is 13.7. The second-order valence-corrected chi connectivity index (χ2v) is 7.98. The van der Waals surface area contributed by atoms with Gasteiger partial charge in [0.25, 0.3) is 0 Å². The quantitative estimate of drug-likeness (QED) is 0.385. The summed E-state index contributed by atoms with van der Waals surface area (Å²) < 4.78 is 11.0. The molecule has 0 spiro atoms. The van der Waals surface area contributed by atoms with E-state index in [1.807, 2.05) is 72.8 Å². The highest BCUT2D eigenvalue weighted by atomic mass is 16.5. The number of aryl methyl sites for hydroxylation is 1. The lowest BCUT2D eigenvalue weighted by Gasteiger charge is -2.19. The first kappa shape index (κ1) is 24.8. The van der Waals surface area contributed by atoms with Crippen LogP contribution < -0.4 is 15.4 Å². The molecule has 2 N–H and O–H groups in total. The first-order chi connectivity index (χ1) is 16.6. The van der Waals surface area contributed by atoms with Crippen LogP contribution in [0.5, 0.6) is 5.75 Å². The van der Waals surface area contributed by atoms with Crippen molar-refractivity contribution in [3.63, 3.8) is 0 Å². The monoisotopic (exact) mass is 460 g/mol. The zero-order valence-corrected chi connectivity index (χ0v) is 19.5. The fraction of sp³-hybridized carbons (Fsp3) is 0.286. The number of amides is 2. The number of carbonyl (C=O) groups is 2. The highest BCUT2D eigenvalue weighted by molar-refractivity contribution is 5.85. The molecule has 6 nitrogen and oxygen atoms in total. The molecule has 1 atom stereocenters. The van der Waals surface area contributed by atoms with E-state index < -0.39 is 12.1 Å². The van der Waals surface area contributed by atoms with E-state index in [2.05, 4.69) is 29.7 Å². The number of hydrogen-bond donors (Lipinski definition) is 2. The third kappa shape index (κ3) is 8.62. The summed E-state index contributed by atoms with van der Waals surface area (Å²) >= 11 is 0. The Kier molecular flexibility index (Phi) is 9.99. The molecule has 0 aliphatic carbocycles. The average molecular weight is 461 g/mol. The molecule has 0 aliphatic rings. The minimum atomic E-state index is -0.765. The molecule has 0 saturated heterocycles. The van der Waals surface area contributed by atoms with Gasteiger partial charge in [0.05, 0.1) is 6.54 Å². The molecule has 0 saturated carbocycles. The fourth-order valence-corrected chi connectivity index (χ4v) is 3.47. The Morgan fingerprint density at radius 1 is 0.824 bits per heavy atom. The summed E-state index contributed by atoms with van der Waals surface area (Å²) in [5, 5.41) is 5.55. The molecular weight excluding hydrogens is 428 g/mol. The summed E-state index contributed by atoms with van der Waals surface area (Å²) in [5.41, 5.74) is 3.09. The van der Waals surface area contributed by atoms with Gasteiger partial charge in [0.15, 0.2) is 0 Å². The van der Waals surface area contributed by atoms with Gasteiger partial charge in [0.1, 0.15) is 25.0 Å². The van der Waals surface area contributed by atoms with Crippen LogP contribution in [0.25, 0.3) is 0 Å². The number of ether oxygens (including phenoxy) is 2. The Hall–Kier alpha value is -3.80. The highest BCUT2D eigenvalue weighted by Crippen LogP contribution is 2.13. The van der Waals surface area contributed by atoms with Crippen molar-refractivity contribution in [2.45, 2.75) is 38.8 Å². The summed E-state index contributed by atoms with van der Waals surface area (Å²) in [6, 6.07) is 26.2. The first-order valence-corrected chi connectivity index (χ1v) is 11.6. The Morgan fingerprint density at radius 3 is 2.12 bits per heavy atom. The number of hydrogen-bond acceptors (Lipinski definition) is 4. The van der Waals surface area contributed by atoms with Crippen LogP contribution in [0.2, 0.25) is 0 Å². The van der Waals surface area contributed by atoms with Crippen LogP contribution >= 0.6 is 0 Å². The minimum absolute atomic E-state index is 0.136. The van der Waals surface area contributed by atoms with Gasteiger partial charge in [-0.05, 0) is 35.2 Å². The second-order valence-electron chi connectivity index (χ2n) is 7.98. The van der Waals surface area contributed by atoms with Gasteiger partial charge < -0.3 is 20.1 Å².